The van der Waals surface area contributed by atoms with E-state index in [-0.39, 0.29) is 23.5 Å². The van der Waals surface area contributed by atoms with Crippen molar-refractivity contribution in [2.75, 3.05) is 13.2 Å². The highest BCUT2D eigenvalue weighted by Crippen LogP contribution is 2.21. The molecule has 0 bridgehead atoms. The van der Waals surface area contributed by atoms with Gasteiger partial charge in [-0.25, -0.2) is 0 Å². The number of carboxylic acids is 1. The van der Waals surface area contributed by atoms with Gasteiger partial charge in [0.1, 0.15) is 5.75 Å². The summed E-state index contributed by atoms with van der Waals surface area (Å²) in [6.45, 7) is 3.20. The van der Waals surface area contributed by atoms with Crippen molar-refractivity contribution >= 4 is 22.8 Å². The highest BCUT2D eigenvalue weighted by Gasteiger charge is 2.12. The number of carboxylic acid groups (broad SMARTS) is 1. The van der Waals surface area contributed by atoms with Crippen LogP contribution in [0, 0.1) is 0 Å². The molecule has 0 saturated carbocycles. The van der Waals surface area contributed by atoms with Crippen LogP contribution in [-0.2, 0) is 17.8 Å². The Balaban J connectivity index is 2.25. The Bertz CT molecular complexity index is 854. The first-order valence-corrected chi connectivity index (χ1v) is 7.98. The topological polar surface area (TPSA) is 133 Å². The van der Waals surface area contributed by atoms with Crippen molar-refractivity contribution in [3.8, 4) is 5.75 Å². The number of nitrogens with zero attached hydrogens (tertiary/aromatic N) is 2. The zero-order valence-electron chi connectivity index (χ0n) is 14.1. The van der Waals surface area contributed by atoms with E-state index in [1.54, 1.807) is 22.8 Å². The van der Waals surface area contributed by atoms with Crippen LogP contribution < -0.4 is 21.8 Å². The van der Waals surface area contributed by atoms with E-state index in [1.165, 1.54) is 0 Å². The number of aliphatic imine (C=N–C) groups is 1. The first-order chi connectivity index (χ1) is 11.9. The number of hydrogen-bond donors (Lipinski definition) is 3. The summed E-state index contributed by atoms with van der Waals surface area (Å²) in [6, 6.07) is 7.02. The lowest BCUT2D eigenvalue weighted by Crippen LogP contribution is -2.25. The molecule has 2 aromatic rings. The number of hydrogen-bond acceptors (Lipinski definition) is 4. The molecule has 0 aliphatic carbocycles. The van der Waals surface area contributed by atoms with Gasteiger partial charge in [0, 0.05) is 31.1 Å². The fraction of sp³-hybridized carbons (Fsp3) is 0.353. The third-order valence-electron chi connectivity index (χ3n) is 3.67. The monoisotopic (exact) mass is 346 g/mol. The third-order valence-corrected chi connectivity index (χ3v) is 3.67. The van der Waals surface area contributed by atoms with Crippen LogP contribution >= 0.6 is 0 Å². The lowest BCUT2D eigenvalue weighted by Gasteiger charge is -2.12. The lowest BCUT2D eigenvalue weighted by molar-refractivity contribution is -0.136. The van der Waals surface area contributed by atoms with Gasteiger partial charge < -0.3 is 25.9 Å². The SMILES string of the molecule is CCn1c(=O)c(CC(=O)O)cc2ccc(OCCCN=C(N)N)cc21. The van der Waals surface area contributed by atoms with Crippen molar-refractivity contribution < 1.29 is 14.6 Å². The molecule has 1 aromatic carbocycles. The van der Waals surface area contributed by atoms with Gasteiger partial charge in [0.15, 0.2) is 5.96 Å². The van der Waals surface area contributed by atoms with Crippen LogP contribution in [0.5, 0.6) is 5.75 Å². The predicted molar refractivity (Wildman–Crippen MR) is 96.0 cm³/mol. The van der Waals surface area contributed by atoms with Gasteiger partial charge >= 0.3 is 5.97 Å². The van der Waals surface area contributed by atoms with Crippen LogP contribution in [0.2, 0.25) is 0 Å². The summed E-state index contributed by atoms with van der Waals surface area (Å²) in [5.74, 6) is -0.348. The van der Waals surface area contributed by atoms with Gasteiger partial charge in [0.2, 0.25) is 0 Å². The van der Waals surface area contributed by atoms with Gasteiger partial charge in [-0.1, -0.05) is 0 Å². The number of carbonyl (C=O) groups is 1. The van der Waals surface area contributed by atoms with Gasteiger partial charge in [0.25, 0.3) is 5.56 Å². The lowest BCUT2D eigenvalue weighted by atomic mass is 10.1. The highest BCUT2D eigenvalue weighted by atomic mass is 16.5. The molecule has 0 fully saturated rings. The number of rotatable bonds is 8. The molecule has 1 aromatic heterocycles. The smallest absolute Gasteiger partial charge is 0.308 e. The number of fused-ring (bicyclic) bond motifs is 1. The first-order valence-electron chi connectivity index (χ1n) is 7.98. The van der Waals surface area contributed by atoms with Crippen molar-refractivity contribution in [3.05, 3.63) is 40.2 Å². The standard InChI is InChI=1S/C17H22N4O4/c1-2-21-14-10-13(25-7-3-6-20-17(18)19)5-4-11(14)8-12(16(21)24)9-15(22)23/h4-5,8,10H,2-3,6-7,9H2,1H3,(H,22,23)(H4,18,19,20). The number of aliphatic carboxylic acids is 1. The Hall–Kier alpha value is -3.03. The minimum absolute atomic E-state index is 0.0508. The molecule has 8 nitrogen and oxygen atoms in total. The van der Waals surface area contributed by atoms with E-state index in [0.29, 0.717) is 37.4 Å². The van der Waals surface area contributed by atoms with Gasteiger partial charge in [-0.3, -0.25) is 14.6 Å². The summed E-state index contributed by atoms with van der Waals surface area (Å²) < 4.78 is 7.23. The van der Waals surface area contributed by atoms with Crippen LogP contribution in [0.15, 0.2) is 34.1 Å². The van der Waals surface area contributed by atoms with Crippen molar-refractivity contribution in [2.45, 2.75) is 26.3 Å². The van der Waals surface area contributed by atoms with E-state index in [0.717, 1.165) is 5.39 Å². The molecule has 0 spiro atoms. The van der Waals surface area contributed by atoms with Crippen LogP contribution in [0.25, 0.3) is 10.9 Å². The largest absolute Gasteiger partial charge is 0.493 e. The molecule has 0 radical (unpaired) electrons. The van der Waals surface area contributed by atoms with Crippen LogP contribution in [-0.4, -0.2) is 34.8 Å². The van der Waals surface area contributed by atoms with Gasteiger partial charge in [0.05, 0.1) is 18.5 Å². The molecule has 0 atom stereocenters. The van der Waals surface area contributed by atoms with E-state index in [2.05, 4.69) is 4.99 Å². The van der Waals surface area contributed by atoms with Crippen LogP contribution in [0.1, 0.15) is 18.9 Å². The first kappa shape index (κ1) is 18.3. The molecule has 25 heavy (non-hydrogen) atoms. The summed E-state index contributed by atoms with van der Waals surface area (Å²) in [4.78, 5) is 27.3. The van der Waals surface area contributed by atoms with Gasteiger partial charge in [-0.2, -0.15) is 0 Å². The molecule has 2 rings (SSSR count). The summed E-state index contributed by atoms with van der Waals surface area (Å²) in [5.41, 5.74) is 11.2. The minimum Gasteiger partial charge on any atom is -0.493 e. The number of aromatic nitrogens is 1. The van der Waals surface area contributed by atoms with E-state index in [4.69, 9.17) is 21.3 Å². The Kier molecular flexibility index (Phi) is 5.99. The normalized spacial score (nSPS) is 10.6. The number of guanidine groups is 1. The zero-order chi connectivity index (χ0) is 18.4. The van der Waals surface area contributed by atoms with E-state index in [1.807, 2.05) is 13.0 Å². The number of aryl methyl sites for hydroxylation is 1. The molecule has 0 saturated heterocycles. The number of benzene rings is 1. The van der Waals surface area contributed by atoms with Crippen molar-refractivity contribution in [1.29, 1.82) is 0 Å². The Labute approximate surface area is 144 Å². The number of pyridine rings is 1. The second-order valence-corrected chi connectivity index (χ2v) is 5.52. The predicted octanol–water partition coefficient (Wildman–Crippen LogP) is 0.691. The Morgan fingerprint density at radius 3 is 2.72 bits per heavy atom. The molecule has 8 heteroatoms. The van der Waals surface area contributed by atoms with Gasteiger partial charge in [-0.15, -0.1) is 0 Å². The second-order valence-electron chi connectivity index (χ2n) is 5.52. The molecular formula is C17H22N4O4. The molecule has 0 amide bonds. The third kappa shape index (κ3) is 4.72. The maximum Gasteiger partial charge on any atom is 0.308 e. The average molecular weight is 346 g/mol. The molecular weight excluding hydrogens is 324 g/mol. The van der Waals surface area contributed by atoms with Crippen molar-refractivity contribution in [3.63, 3.8) is 0 Å². The van der Waals surface area contributed by atoms with Crippen molar-refractivity contribution in [2.24, 2.45) is 16.5 Å². The minimum atomic E-state index is -1.03. The molecule has 0 aliphatic rings. The summed E-state index contributed by atoms with van der Waals surface area (Å²) in [5, 5.41) is 9.75. The maximum absolute atomic E-state index is 12.4. The average Bonchev–Trinajstić information content (AvgIpc) is 2.55. The van der Waals surface area contributed by atoms with E-state index < -0.39 is 5.97 Å². The zero-order valence-corrected chi connectivity index (χ0v) is 14.1. The fourth-order valence-corrected chi connectivity index (χ4v) is 2.57. The summed E-state index contributed by atoms with van der Waals surface area (Å²) in [6.07, 6.45) is 0.367. The van der Waals surface area contributed by atoms with Crippen LogP contribution in [0.4, 0.5) is 0 Å². The highest BCUT2D eigenvalue weighted by molar-refractivity contribution is 5.82. The quantitative estimate of drug-likeness (QED) is 0.366. The van der Waals surface area contributed by atoms with Crippen molar-refractivity contribution in [1.82, 2.24) is 4.57 Å². The van der Waals surface area contributed by atoms with E-state index >= 15 is 0 Å². The Morgan fingerprint density at radius 2 is 2.08 bits per heavy atom. The summed E-state index contributed by atoms with van der Waals surface area (Å²) >= 11 is 0. The molecule has 0 aliphatic heterocycles. The maximum atomic E-state index is 12.4. The molecule has 1 heterocycles. The number of nitrogens with two attached hydrogens (primary N) is 2. The fourth-order valence-electron chi connectivity index (χ4n) is 2.57. The van der Waals surface area contributed by atoms with E-state index in [9.17, 15) is 9.59 Å². The molecule has 0 unspecified atom stereocenters. The molecule has 5 N–H and O–H groups in total. The van der Waals surface area contributed by atoms with Crippen LogP contribution in [0.3, 0.4) is 0 Å². The summed E-state index contributed by atoms with van der Waals surface area (Å²) in [7, 11) is 0. The number of ether oxygens (including phenoxy) is 1. The second kappa shape index (κ2) is 8.18. The Morgan fingerprint density at radius 1 is 1.32 bits per heavy atom. The van der Waals surface area contributed by atoms with Gasteiger partial charge in [-0.05, 0) is 30.5 Å². The molecule has 134 valence electrons.